The van der Waals surface area contributed by atoms with E-state index in [0.29, 0.717) is 0 Å². The van der Waals surface area contributed by atoms with Crippen LogP contribution in [0.1, 0.15) is 0 Å². The fourth-order valence-electron chi connectivity index (χ4n) is 0.661. The molecule has 5 N–H and O–H groups in total. The number of nitrogens with two attached hydrogens (primary N) is 1. The van der Waals surface area contributed by atoms with Crippen LogP contribution in [-0.4, -0.2) is 5.96 Å². The zero-order valence-corrected chi connectivity index (χ0v) is 5.96. The quantitative estimate of drug-likeness (QED) is 0.282. The maximum absolute atomic E-state index is 6.85. The summed E-state index contributed by atoms with van der Waals surface area (Å²) in [5.74, 6) is -0.103. The molecule has 1 aromatic rings. The number of guanidine groups is 1. The number of hydrogen-bond donors (Lipinski definition) is 4. The van der Waals surface area contributed by atoms with Crippen LogP contribution in [0, 0.1) is 5.41 Å². The molecular formula is C7H10N4. The third-order valence-corrected chi connectivity index (χ3v) is 1.12. The van der Waals surface area contributed by atoms with Gasteiger partial charge in [-0.3, -0.25) is 16.3 Å². The first-order valence-electron chi connectivity index (χ1n) is 3.20. The summed E-state index contributed by atoms with van der Waals surface area (Å²) in [7, 11) is 0. The van der Waals surface area contributed by atoms with E-state index < -0.39 is 0 Å². The Balaban J connectivity index is 2.45. The molecule has 0 aliphatic heterocycles. The average Bonchev–Trinajstić information content (AvgIpc) is 2.03. The largest absolute Gasteiger partial charge is 0.369 e. The van der Waals surface area contributed by atoms with Gasteiger partial charge < -0.3 is 5.73 Å². The molecule has 0 radical (unpaired) electrons. The lowest BCUT2D eigenvalue weighted by atomic mass is 10.3. The Bertz CT molecular complexity index is 231. The van der Waals surface area contributed by atoms with Crippen molar-refractivity contribution in [2.75, 3.05) is 5.43 Å². The number of hydrogen-bond acceptors (Lipinski definition) is 2. The summed E-state index contributed by atoms with van der Waals surface area (Å²) in [5.41, 5.74) is 11.1. The molecule has 1 aromatic carbocycles. The lowest BCUT2D eigenvalue weighted by Gasteiger charge is -2.05. The van der Waals surface area contributed by atoms with Crippen molar-refractivity contribution in [3.8, 4) is 0 Å². The second-order valence-electron chi connectivity index (χ2n) is 2.03. The lowest BCUT2D eigenvalue weighted by molar-refractivity contribution is 1.08. The maximum Gasteiger partial charge on any atom is 0.204 e. The Labute approximate surface area is 64.9 Å². The van der Waals surface area contributed by atoms with E-state index in [4.69, 9.17) is 11.1 Å². The first-order chi connectivity index (χ1) is 5.29. The lowest BCUT2D eigenvalue weighted by Crippen LogP contribution is -2.34. The molecule has 0 amide bonds. The number of nitrogens with one attached hydrogen (secondary N) is 3. The minimum atomic E-state index is -0.103. The van der Waals surface area contributed by atoms with Crippen LogP contribution in [0.3, 0.4) is 0 Å². The van der Waals surface area contributed by atoms with Crippen molar-refractivity contribution < 1.29 is 0 Å². The number of para-hydroxylation sites is 1. The van der Waals surface area contributed by atoms with Crippen LogP contribution < -0.4 is 16.6 Å². The molecule has 11 heavy (non-hydrogen) atoms. The van der Waals surface area contributed by atoms with Gasteiger partial charge in [0.1, 0.15) is 0 Å². The van der Waals surface area contributed by atoms with Crippen molar-refractivity contribution in [3.63, 3.8) is 0 Å². The molecule has 4 heteroatoms. The molecule has 0 bridgehead atoms. The molecule has 0 saturated heterocycles. The zero-order chi connectivity index (χ0) is 8.10. The molecule has 0 saturated carbocycles. The van der Waals surface area contributed by atoms with Gasteiger partial charge in [0, 0.05) is 0 Å². The Morgan fingerprint density at radius 2 is 1.91 bits per heavy atom. The van der Waals surface area contributed by atoms with Gasteiger partial charge in [-0.1, -0.05) is 18.2 Å². The van der Waals surface area contributed by atoms with E-state index in [2.05, 4.69) is 10.9 Å². The van der Waals surface area contributed by atoms with E-state index >= 15 is 0 Å². The van der Waals surface area contributed by atoms with Crippen molar-refractivity contribution in [1.29, 1.82) is 5.41 Å². The van der Waals surface area contributed by atoms with Crippen LogP contribution in [0.25, 0.3) is 0 Å². The normalized spacial score (nSPS) is 8.73. The number of anilines is 1. The van der Waals surface area contributed by atoms with E-state index in [-0.39, 0.29) is 5.96 Å². The van der Waals surface area contributed by atoms with Gasteiger partial charge in [0.15, 0.2) is 0 Å². The summed E-state index contributed by atoms with van der Waals surface area (Å²) in [4.78, 5) is 0. The first-order valence-corrected chi connectivity index (χ1v) is 3.20. The van der Waals surface area contributed by atoms with E-state index in [1.807, 2.05) is 30.3 Å². The highest BCUT2D eigenvalue weighted by molar-refractivity contribution is 5.75. The SMILES string of the molecule is N=C(N)NNc1ccccc1. The highest BCUT2D eigenvalue weighted by Gasteiger charge is 1.86. The molecule has 0 aliphatic carbocycles. The molecule has 0 heterocycles. The van der Waals surface area contributed by atoms with E-state index in [1.54, 1.807) is 0 Å². The first kappa shape index (κ1) is 7.40. The second kappa shape index (κ2) is 3.46. The molecule has 0 spiro atoms. The van der Waals surface area contributed by atoms with Crippen LogP contribution in [0.2, 0.25) is 0 Å². The van der Waals surface area contributed by atoms with Crippen LogP contribution in [-0.2, 0) is 0 Å². The molecular weight excluding hydrogens is 140 g/mol. The topological polar surface area (TPSA) is 73.9 Å². The summed E-state index contributed by atoms with van der Waals surface area (Å²) < 4.78 is 0. The molecule has 0 aromatic heterocycles. The summed E-state index contributed by atoms with van der Waals surface area (Å²) in [6.45, 7) is 0. The van der Waals surface area contributed by atoms with Crippen molar-refractivity contribution in [2.45, 2.75) is 0 Å². The molecule has 58 valence electrons. The van der Waals surface area contributed by atoms with Gasteiger partial charge >= 0.3 is 0 Å². The van der Waals surface area contributed by atoms with Crippen molar-refractivity contribution in [2.24, 2.45) is 5.73 Å². The van der Waals surface area contributed by atoms with Gasteiger partial charge in [0.05, 0.1) is 5.69 Å². The third-order valence-electron chi connectivity index (χ3n) is 1.12. The molecule has 0 fully saturated rings. The number of rotatable bonds is 2. The molecule has 0 aliphatic rings. The Morgan fingerprint density at radius 1 is 1.27 bits per heavy atom. The average molecular weight is 150 g/mol. The predicted molar refractivity (Wildman–Crippen MR) is 45.1 cm³/mol. The fraction of sp³-hybridized carbons (Fsp3) is 0. The minimum Gasteiger partial charge on any atom is -0.369 e. The van der Waals surface area contributed by atoms with Gasteiger partial charge in [0.2, 0.25) is 5.96 Å². The van der Waals surface area contributed by atoms with Gasteiger partial charge in [0.25, 0.3) is 0 Å². The van der Waals surface area contributed by atoms with Crippen molar-refractivity contribution in [1.82, 2.24) is 5.43 Å². The van der Waals surface area contributed by atoms with Crippen LogP contribution >= 0.6 is 0 Å². The summed E-state index contributed by atoms with van der Waals surface area (Å²) in [6.07, 6.45) is 0. The molecule has 1 rings (SSSR count). The fourth-order valence-corrected chi connectivity index (χ4v) is 0.661. The van der Waals surface area contributed by atoms with Gasteiger partial charge in [-0.15, -0.1) is 0 Å². The van der Waals surface area contributed by atoms with E-state index in [1.165, 1.54) is 0 Å². The molecule has 0 atom stereocenters. The summed E-state index contributed by atoms with van der Waals surface area (Å²) in [5, 5.41) is 6.85. The number of benzene rings is 1. The third kappa shape index (κ3) is 2.57. The highest BCUT2D eigenvalue weighted by Crippen LogP contribution is 2.01. The Morgan fingerprint density at radius 3 is 2.45 bits per heavy atom. The minimum absolute atomic E-state index is 0.103. The van der Waals surface area contributed by atoms with Crippen LogP contribution in [0.5, 0.6) is 0 Å². The van der Waals surface area contributed by atoms with E-state index in [0.717, 1.165) is 5.69 Å². The monoisotopic (exact) mass is 150 g/mol. The highest BCUT2D eigenvalue weighted by atomic mass is 15.4. The second-order valence-corrected chi connectivity index (χ2v) is 2.03. The van der Waals surface area contributed by atoms with Crippen molar-refractivity contribution in [3.05, 3.63) is 30.3 Å². The summed E-state index contributed by atoms with van der Waals surface area (Å²) >= 11 is 0. The van der Waals surface area contributed by atoms with Gasteiger partial charge in [-0.2, -0.15) is 0 Å². The van der Waals surface area contributed by atoms with Crippen molar-refractivity contribution >= 4 is 11.6 Å². The molecule has 4 nitrogen and oxygen atoms in total. The Hall–Kier alpha value is -1.71. The van der Waals surface area contributed by atoms with Crippen LogP contribution in [0.15, 0.2) is 30.3 Å². The Kier molecular flexibility index (Phi) is 2.32. The summed E-state index contributed by atoms with van der Waals surface area (Å²) in [6, 6.07) is 9.44. The van der Waals surface area contributed by atoms with Crippen LogP contribution in [0.4, 0.5) is 5.69 Å². The zero-order valence-electron chi connectivity index (χ0n) is 5.96. The predicted octanol–water partition coefficient (Wildman–Crippen LogP) is 0.497. The van der Waals surface area contributed by atoms with Gasteiger partial charge in [-0.25, -0.2) is 0 Å². The standard InChI is InChI=1S/C7H10N4/c8-7(9)11-10-6-4-2-1-3-5-6/h1-5,10H,(H4,8,9,11). The smallest absolute Gasteiger partial charge is 0.204 e. The molecule has 0 unspecified atom stereocenters. The van der Waals surface area contributed by atoms with E-state index in [9.17, 15) is 0 Å². The van der Waals surface area contributed by atoms with Gasteiger partial charge in [-0.05, 0) is 12.1 Å². The maximum atomic E-state index is 6.85. The number of hydrazine groups is 1.